The highest BCUT2D eigenvalue weighted by Crippen LogP contribution is 2.18. The molecule has 0 radical (unpaired) electrons. The van der Waals surface area contributed by atoms with Gasteiger partial charge in [0.05, 0.1) is 25.9 Å². The van der Waals surface area contributed by atoms with Crippen molar-refractivity contribution < 1.29 is 9.21 Å². The van der Waals surface area contributed by atoms with Crippen LogP contribution in [0, 0.1) is 0 Å². The fourth-order valence-electron chi connectivity index (χ4n) is 2.95. The molecular weight excluding hydrogens is 280 g/mol. The molecule has 0 bridgehead atoms. The molecule has 0 N–H and O–H groups in total. The van der Waals surface area contributed by atoms with Crippen LogP contribution in [-0.2, 0) is 17.9 Å². The SMILES string of the molecule is CN(Cc1ccco1)C(=O)CN1CCC[C@@H]1Cn1cccn1. The van der Waals surface area contributed by atoms with Crippen LogP contribution in [0.2, 0.25) is 0 Å². The molecule has 6 heteroatoms. The van der Waals surface area contributed by atoms with Crippen molar-refractivity contribution in [3.63, 3.8) is 0 Å². The summed E-state index contributed by atoms with van der Waals surface area (Å²) >= 11 is 0. The molecule has 0 unspecified atom stereocenters. The molecule has 0 saturated carbocycles. The molecule has 1 fully saturated rings. The Labute approximate surface area is 130 Å². The van der Waals surface area contributed by atoms with Crippen molar-refractivity contribution in [1.82, 2.24) is 19.6 Å². The number of nitrogens with zero attached hydrogens (tertiary/aromatic N) is 4. The van der Waals surface area contributed by atoms with E-state index in [9.17, 15) is 4.79 Å². The van der Waals surface area contributed by atoms with E-state index in [2.05, 4.69) is 10.00 Å². The van der Waals surface area contributed by atoms with Gasteiger partial charge in [0.1, 0.15) is 5.76 Å². The minimum Gasteiger partial charge on any atom is -0.467 e. The predicted molar refractivity (Wildman–Crippen MR) is 82.0 cm³/mol. The molecular formula is C16H22N4O2. The van der Waals surface area contributed by atoms with Gasteiger partial charge >= 0.3 is 0 Å². The largest absolute Gasteiger partial charge is 0.467 e. The Morgan fingerprint density at radius 1 is 1.50 bits per heavy atom. The van der Waals surface area contributed by atoms with E-state index < -0.39 is 0 Å². The number of carbonyl (C=O) groups excluding carboxylic acids is 1. The number of likely N-dealkylation sites (N-methyl/N-ethyl adjacent to an activating group) is 1. The normalized spacial score (nSPS) is 18.7. The lowest BCUT2D eigenvalue weighted by molar-refractivity contribution is -0.132. The van der Waals surface area contributed by atoms with Gasteiger partial charge in [0, 0.05) is 25.5 Å². The summed E-state index contributed by atoms with van der Waals surface area (Å²) in [5.41, 5.74) is 0. The van der Waals surface area contributed by atoms with Crippen molar-refractivity contribution in [1.29, 1.82) is 0 Å². The number of hydrogen-bond donors (Lipinski definition) is 0. The number of likely N-dealkylation sites (tertiary alicyclic amines) is 1. The summed E-state index contributed by atoms with van der Waals surface area (Å²) in [6, 6.07) is 6.05. The number of rotatable bonds is 6. The molecule has 3 heterocycles. The van der Waals surface area contributed by atoms with Crippen molar-refractivity contribution in [2.24, 2.45) is 0 Å². The lowest BCUT2D eigenvalue weighted by Gasteiger charge is -2.26. The van der Waals surface area contributed by atoms with Gasteiger partial charge in [-0.05, 0) is 37.6 Å². The molecule has 118 valence electrons. The molecule has 1 aliphatic rings. The average Bonchev–Trinajstić information content (AvgIpc) is 3.23. The Balaban J connectivity index is 1.53. The zero-order valence-corrected chi connectivity index (χ0v) is 12.9. The van der Waals surface area contributed by atoms with Crippen LogP contribution in [-0.4, -0.2) is 51.7 Å². The second-order valence-corrected chi connectivity index (χ2v) is 5.82. The van der Waals surface area contributed by atoms with Crippen LogP contribution in [0.15, 0.2) is 41.3 Å². The Hall–Kier alpha value is -2.08. The van der Waals surface area contributed by atoms with Gasteiger partial charge in [0.25, 0.3) is 0 Å². The Morgan fingerprint density at radius 3 is 3.14 bits per heavy atom. The molecule has 2 aromatic rings. The lowest BCUT2D eigenvalue weighted by Crippen LogP contribution is -2.41. The fourth-order valence-corrected chi connectivity index (χ4v) is 2.95. The second kappa shape index (κ2) is 6.79. The highest BCUT2D eigenvalue weighted by Gasteiger charge is 2.27. The maximum absolute atomic E-state index is 12.4. The zero-order chi connectivity index (χ0) is 15.4. The second-order valence-electron chi connectivity index (χ2n) is 5.82. The number of hydrogen-bond acceptors (Lipinski definition) is 4. The smallest absolute Gasteiger partial charge is 0.236 e. The zero-order valence-electron chi connectivity index (χ0n) is 12.9. The van der Waals surface area contributed by atoms with E-state index in [4.69, 9.17) is 4.42 Å². The van der Waals surface area contributed by atoms with Crippen LogP contribution in [0.5, 0.6) is 0 Å². The third kappa shape index (κ3) is 3.57. The van der Waals surface area contributed by atoms with Crippen molar-refractivity contribution in [3.05, 3.63) is 42.6 Å². The number of aromatic nitrogens is 2. The van der Waals surface area contributed by atoms with Gasteiger partial charge in [0.15, 0.2) is 0 Å². The first-order chi connectivity index (χ1) is 10.7. The maximum atomic E-state index is 12.4. The van der Waals surface area contributed by atoms with Crippen molar-refractivity contribution >= 4 is 5.91 Å². The van der Waals surface area contributed by atoms with Gasteiger partial charge in [-0.2, -0.15) is 5.10 Å². The third-order valence-corrected chi connectivity index (χ3v) is 4.19. The lowest BCUT2D eigenvalue weighted by atomic mass is 10.2. The minimum absolute atomic E-state index is 0.128. The van der Waals surface area contributed by atoms with Crippen LogP contribution in [0.1, 0.15) is 18.6 Å². The van der Waals surface area contributed by atoms with E-state index in [-0.39, 0.29) is 5.91 Å². The molecule has 0 aliphatic carbocycles. The van der Waals surface area contributed by atoms with E-state index in [1.54, 1.807) is 17.4 Å². The average molecular weight is 302 g/mol. The Kier molecular flexibility index (Phi) is 4.58. The molecule has 22 heavy (non-hydrogen) atoms. The Bertz CT molecular complexity index is 579. The van der Waals surface area contributed by atoms with Gasteiger partial charge in [-0.15, -0.1) is 0 Å². The van der Waals surface area contributed by atoms with E-state index >= 15 is 0 Å². The predicted octanol–water partition coefficient (Wildman–Crippen LogP) is 1.60. The summed E-state index contributed by atoms with van der Waals surface area (Å²) in [6.45, 7) is 2.81. The summed E-state index contributed by atoms with van der Waals surface area (Å²) < 4.78 is 7.24. The standard InChI is InChI=1S/C16H22N4O2/c1-18(12-15-6-3-10-22-15)16(21)13-19-8-2-5-14(19)11-20-9-4-7-17-20/h3-4,6-7,9-10,14H,2,5,8,11-13H2,1H3/t14-/m1/s1. The van der Waals surface area contributed by atoms with Gasteiger partial charge in [-0.1, -0.05) is 0 Å². The number of furan rings is 1. The van der Waals surface area contributed by atoms with Gasteiger partial charge < -0.3 is 9.32 Å². The maximum Gasteiger partial charge on any atom is 0.236 e. The quantitative estimate of drug-likeness (QED) is 0.813. The third-order valence-electron chi connectivity index (χ3n) is 4.19. The highest BCUT2D eigenvalue weighted by molar-refractivity contribution is 5.78. The van der Waals surface area contributed by atoms with Crippen LogP contribution >= 0.6 is 0 Å². The summed E-state index contributed by atoms with van der Waals surface area (Å²) in [7, 11) is 1.82. The minimum atomic E-state index is 0.128. The molecule has 2 aromatic heterocycles. The van der Waals surface area contributed by atoms with Crippen molar-refractivity contribution in [2.75, 3.05) is 20.1 Å². The first kappa shape index (κ1) is 14.8. The Morgan fingerprint density at radius 2 is 2.41 bits per heavy atom. The highest BCUT2D eigenvalue weighted by atomic mass is 16.3. The summed E-state index contributed by atoms with van der Waals surface area (Å²) in [4.78, 5) is 16.4. The van der Waals surface area contributed by atoms with Gasteiger partial charge in [-0.3, -0.25) is 14.4 Å². The van der Waals surface area contributed by atoms with E-state index in [0.29, 0.717) is 19.1 Å². The fraction of sp³-hybridized carbons (Fsp3) is 0.500. The molecule has 1 aliphatic heterocycles. The summed E-state index contributed by atoms with van der Waals surface area (Å²) in [5, 5.41) is 4.26. The van der Waals surface area contributed by atoms with Crippen LogP contribution in [0.25, 0.3) is 0 Å². The van der Waals surface area contributed by atoms with E-state index in [1.807, 2.05) is 36.1 Å². The molecule has 1 atom stereocenters. The molecule has 6 nitrogen and oxygen atoms in total. The van der Waals surface area contributed by atoms with E-state index in [0.717, 1.165) is 31.7 Å². The summed E-state index contributed by atoms with van der Waals surface area (Å²) in [5.74, 6) is 0.939. The van der Waals surface area contributed by atoms with Crippen LogP contribution in [0.3, 0.4) is 0 Å². The van der Waals surface area contributed by atoms with Crippen LogP contribution < -0.4 is 0 Å². The monoisotopic (exact) mass is 302 g/mol. The first-order valence-corrected chi connectivity index (χ1v) is 7.70. The van der Waals surface area contributed by atoms with Crippen molar-refractivity contribution in [3.8, 4) is 0 Å². The molecule has 0 aromatic carbocycles. The van der Waals surface area contributed by atoms with Crippen LogP contribution in [0.4, 0.5) is 0 Å². The topological polar surface area (TPSA) is 54.5 Å². The van der Waals surface area contributed by atoms with Crippen molar-refractivity contribution in [2.45, 2.75) is 32.0 Å². The molecule has 3 rings (SSSR count). The molecule has 1 saturated heterocycles. The number of carbonyl (C=O) groups is 1. The first-order valence-electron chi connectivity index (χ1n) is 7.70. The molecule has 1 amide bonds. The number of amides is 1. The van der Waals surface area contributed by atoms with Gasteiger partial charge in [-0.25, -0.2) is 0 Å². The van der Waals surface area contributed by atoms with E-state index in [1.165, 1.54) is 0 Å². The molecule has 0 spiro atoms. The summed E-state index contributed by atoms with van der Waals surface area (Å²) in [6.07, 6.45) is 7.66. The van der Waals surface area contributed by atoms with Gasteiger partial charge in [0.2, 0.25) is 5.91 Å².